The van der Waals surface area contributed by atoms with E-state index in [1.807, 2.05) is 20.8 Å². The molecular formula is C15H26N4O3. The van der Waals surface area contributed by atoms with E-state index in [4.69, 9.17) is 5.73 Å². The number of hydrogen-bond donors (Lipinski definition) is 2. The quantitative estimate of drug-likeness (QED) is 0.793. The van der Waals surface area contributed by atoms with Crippen molar-refractivity contribution in [3.8, 4) is 0 Å². The number of amides is 1. The van der Waals surface area contributed by atoms with Gasteiger partial charge >= 0.3 is 5.69 Å². The minimum absolute atomic E-state index is 0.0433. The van der Waals surface area contributed by atoms with E-state index in [0.29, 0.717) is 6.54 Å². The number of nitrogen functional groups attached to an aromatic ring is 1. The maximum absolute atomic E-state index is 12.4. The van der Waals surface area contributed by atoms with Gasteiger partial charge in [-0.3, -0.25) is 19.1 Å². The van der Waals surface area contributed by atoms with Crippen molar-refractivity contribution < 1.29 is 4.79 Å². The Labute approximate surface area is 130 Å². The maximum atomic E-state index is 12.4. The summed E-state index contributed by atoms with van der Waals surface area (Å²) >= 11 is 0. The zero-order chi connectivity index (χ0) is 16.9. The molecule has 7 heteroatoms. The number of hydrogen-bond acceptors (Lipinski definition) is 4. The number of rotatable bonds is 7. The molecule has 1 amide bonds. The van der Waals surface area contributed by atoms with Crippen LogP contribution in [-0.4, -0.2) is 22.5 Å². The lowest BCUT2D eigenvalue weighted by Crippen LogP contribution is -2.41. The second-order valence-electron chi connectivity index (χ2n) is 5.59. The topological polar surface area (TPSA) is 101 Å². The number of carbonyl (C=O) groups is 1. The van der Waals surface area contributed by atoms with E-state index in [1.165, 1.54) is 16.5 Å². The number of nitrogens with two attached hydrogens (primary N) is 1. The first-order valence-corrected chi connectivity index (χ1v) is 7.75. The molecule has 0 aliphatic rings. The number of nitrogens with zero attached hydrogens (tertiary/aromatic N) is 2. The molecular weight excluding hydrogens is 284 g/mol. The Morgan fingerprint density at radius 1 is 1.32 bits per heavy atom. The molecule has 1 aromatic heterocycles. The lowest BCUT2D eigenvalue weighted by molar-refractivity contribution is -0.121. The lowest BCUT2D eigenvalue weighted by atomic mass is 10.0. The molecule has 7 nitrogen and oxygen atoms in total. The fraction of sp³-hybridized carbons (Fsp3) is 0.667. The minimum atomic E-state index is -0.630. The molecule has 0 saturated carbocycles. The minimum Gasteiger partial charge on any atom is -0.383 e. The van der Waals surface area contributed by atoms with Crippen molar-refractivity contribution in [3.05, 3.63) is 20.8 Å². The van der Waals surface area contributed by atoms with Crippen molar-refractivity contribution >= 4 is 17.4 Å². The van der Waals surface area contributed by atoms with E-state index in [9.17, 15) is 14.4 Å². The molecule has 1 rings (SSSR count). The van der Waals surface area contributed by atoms with Crippen LogP contribution in [0.2, 0.25) is 0 Å². The molecule has 0 bridgehead atoms. The van der Waals surface area contributed by atoms with Crippen LogP contribution in [0, 0.1) is 5.92 Å². The summed E-state index contributed by atoms with van der Waals surface area (Å²) in [5.74, 6) is -0.341. The first-order chi connectivity index (χ1) is 10.3. The number of unbranched alkanes of at least 4 members (excludes halogenated alkanes) is 1. The summed E-state index contributed by atoms with van der Waals surface area (Å²) in [7, 11) is 1.52. The maximum Gasteiger partial charge on any atom is 0.330 e. The van der Waals surface area contributed by atoms with Gasteiger partial charge in [0.1, 0.15) is 5.82 Å². The first-order valence-electron chi connectivity index (χ1n) is 7.75. The summed E-state index contributed by atoms with van der Waals surface area (Å²) in [4.78, 5) is 39.8. The highest BCUT2D eigenvalue weighted by Gasteiger charge is 2.24. The molecule has 1 unspecified atom stereocenters. The zero-order valence-electron chi connectivity index (χ0n) is 13.8. The smallest absolute Gasteiger partial charge is 0.330 e. The first kappa shape index (κ1) is 18.0. The number of anilines is 2. The third kappa shape index (κ3) is 3.78. The van der Waals surface area contributed by atoms with Gasteiger partial charge in [-0.25, -0.2) is 4.79 Å². The van der Waals surface area contributed by atoms with Gasteiger partial charge < -0.3 is 10.6 Å². The molecule has 0 fully saturated rings. The normalized spacial score (nSPS) is 12.2. The molecule has 3 N–H and O–H groups in total. The summed E-state index contributed by atoms with van der Waals surface area (Å²) in [6.45, 7) is 6.23. The number of aromatic amines is 1. The number of H-pyrrole nitrogens is 1. The van der Waals surface area contributed by atoms with Crippen molar-refractivity contribution in [2.45, 2.75) is 53.0 Å². The monoisotopic (exact) mass is 310 g/mol. The predicted molar refractivity (Wildman–Crippen MR) is 88.1 cm³/mol. The summed E-state index contributed by atoms with van der Waals surface area (Å²) < 4.78 is 1.31. The highest BCUT2D eigenvalue weighted by molar-refractivity contribution is 5.96. The predicted octanol–water partition coefficient (Wildman–Crippen LogP) is 1.32. The van der Waals surface area contributed by atoms with E-state index in [0.717, 1.165) is 25.7 Å². The lowest BCUT2D eigenvalue weighted by Gasteiger charge is -2.23. The van der Waals surface area contributed by atoms with Crippen LogP contribution in [0.3, 0.4) is 0 Å². The van der Waals surface area contributed by atoms with Crippen LogP contribution in [0.4, 0.5) is 11.5 Å². The number of aromatic nitrogens is 2. The second kappa shape index (κ2) is 7.82. The summed E-state index contributed by atoms with van der Waals surface area (Å²) in [6, 6.07) is 0. The van der Waals surface area contributed by atoms with E-state index in [1.54, 1.807) is 0 Å². The van der Waals surface area contributed by atoms with Crippen molar-refractivity contribution in [3.63, 3.8) is 0 Å². The molecule has 22 heavy (non-hydrogen) atoms. The van der Waals surface area contributed by atoms with Crippen LogP contribution in [0.25, 0.3) is 0 Å². The molecule has 0 aliphatic carbocycles. The molecule has 124 valence electrons. The average molecular weight is 310 g/mol. The van der Waals surface area contributed by atoms with Crippen LogP contribution in [-0.2, 0) is 11.3 Å². The summed E-state index contributed by atoms with van der Waals surface area (Å²) in [6.07, 6.45) is 3.27. The molecule has 1 atom stereocenters. The SMILES string of the molecule is CCCCn1c(N)c(N(C)C(=O)C(C)CCC)c(=O)[nH]c1=O. The molecule has 0 aromatic carbocycles. The van der Waals surface area contributed by atoms with Gasteiger partial charge in [-0.1, -0.05) is 33.6 Å². The Bertz CT molecular complexity index is 633. The molecule has 0 radical (unpaired) electrons. The molecule has 0 aliphatic heterocycles. The van der Waals surface area contributed by atoms with Crippen molar-refractivity contribution in [2.75, 3.05) is 17.7 Å². The zero-order valence-corrected chi connectivity index (χ0v) is 13.8. The number of nitrogens with one attached hydrogen (secondary N) is 1. The van der Waals surface area contributed by atoms with Crippen LogP contribution >= 0.6 is 0 Å². The van der Waals surface area contributed by atoms with Crippen LogP contribution < -0.4 is 21.9 Å². The molecule has 0 saturated heterocycles. The van der Waals surface area contributed by atoms with Gasteiger partial charge in [0.05, 0.1) is 0 Å². The van der Waals surface area contributed by atoms with Gasteiger partial charge in [-0.2, -0.15) is 0 Å². The van der Waals surface area contributed by atoms with Gasteiger partial charge in [0.2, 0.25) is 5.91 Å². The molecule has 0 spiro atoms. The van der Waals surface area contributed by atoms with Crippen LogP contribution in [0.15, 0.2) is 9.59 Å². The summed E-state index contributed by atoms with van der Waals surface area (Å²) in [5, 5.41) is 0. The Balaban J connectivity index is 3.26. The highest BCUT2D eigenvalue weighted by Crippen LogP contribution is 2.19. The third-order valence-electron chi connectivity index (χ3n) is 3.76. The van der Waals surface area contributed by atoms with E-state index < -0.39 is 11.2 Å². The Hall–Kier alpha value is -2.05. The summed E-state index contributed by atoms with van der Waals surface area (Å²) in [5.41, 5.74) is 4.86. The largest absolute Gasteiger partial charge is 0.383 e. The van der Waals surface area contributed by atoms with E-state index >= 15 is 0 Å². The highest BCUT2D eigenvalue weighted by atomic mass is 16.2. The Morgan fingerprint density at radius 3 is 2.50 bits per heavy atom. The van der Waals surface area contributed by atoms with Gasteiger partial charge in [-0.15, -0.1) is 0 Å². The standard InChI is InChI=1S/C15H26N4O3/c1-5-7-9-19-12(16)11(13(20)17-15(19)22)18(4)14(21)10(3)8-6-2/h10H,5-9,16H2,1-4H3,(H,17,20,22). The van der Waals surface area contributed by atoms with Gasteiger partial charge in [0, 0.05) is 19.5 Å². The average Bonchev–Trinajstić information content (AvgIpc) is 2.46. The van der Waals surface area contributed by atoms with Gasteiger partial charge in [0.15, 0.2) is 5.69 Å². The van der Waals surface area contributed by atoms with Crippen LogP contribution in [0.5, 0.6) is 0 Å². The molecule has 1 heterocycles. The van der Waals surface area contributed by atoms with Gasteiger partial charge in [-0.05, 0) is 12.8 Å². The van der Waals surface area contributed by atoms with Gasteiger partial charge in [0.25, 0.3) is 5.56 Å². The fourth-order valence-corrected chi connectivity index (χ4v) is 2.44. The number of carbonyl (C=O) groups excluding carboxylic acids is 1. The second-order valence-corrected chi connectivity index (χ2v) is 5.59. The van der Waals surface area contributed by atoms with Crippen LogP contribution in [0.1, 0.15) is 46.5 Å². The fourth-order valence-electron chi connectivity index (χ4n) is 2.44. The molecule has 1 aromatic rings. The van der Waals surface area contributed by atoms with E-state index in [-0.39, 0.29) is 23.3 Å². The Kier molecular flexibility index (Phi) is 6.39. The van der Waals surface area contributed by atoms with E-state index in [2.05, 4.69) is 4.98 Å². The van der Waals surface area contributed by atoms with Crippen molar-refractivity contribution in [1.29, 1.82) is 0 Å². The Morgan fingerprint density at radius 2 is 1.95 bits per heavy atom. The van der Waals surface area contributed by atoms with Crippen molar-refractivity contribution in [1.82, 2.24) is 9.55 Å². The van der Waals surface area contributed by atoms with Crippen molar-refractivity contribution in [2.24, 2.45) is 5.92 Å². The third-order valence-corrected chi connectivity index (χ3v) is 3.76.